The number of rotatable bonds is 9. The number of carbonyl (C=O) groups excluding carboxylic acids is 3. The van der Waals surface area contributed by atoms with E-state index in [9.17, 15) is 18.8 Å². The Balaban J connectivity index is 1.01. The van der Waals surface area contributed by atoms with Crippen LogP contribution in [0.3, 0.4) is 0 Å². The molecule has 13 nitrogen and oxygen atoms in total. The summed E-state index contributed by atoms with van der Waals surface area (Å²) in [4.78, 5) is 44.6. The lowest BCUT2D eigenvalue weighted by molar-refractivity contribution is -0.145. The van der Waals surface area contributed by atoms with Gasteiger partial charge in [-0.3, -0.25) is 14.4 Å². The number of piperazine rings is 1. The average molecular weight is 772 g/mol. The molecular formula is C40H43ClFN7O6. The van der Waals surface area contributed by atoms with Gasteiger partial charge in [-0.05, 0) is 68.3 Å². The minimum absolute atomic E-state index is 0.139. The van der Waals surface area contributed by atoms with Crippen molar-refractivity contribution in [3.63, 3.8) is 0 Å². The van der Waals surface area contributed by atoms with Gasteiger partial charge in [0.2, 0.25) is 0 Å². The van der Waals surface area contributed by atoms with E-state index in [4.69, 9.17) is 30.9 Å². The monoisotopic (exact) mass is 771 g/mol. The zero-order valence-electron chi connectivity index (χ0n) is 31.2. The van der Waals surface area contributed by atoms with Crippen molar-refractivity contribution in [2.75, 3.05) is 46.4 Å². The molecule has 288 valence electrons. The first-order chi connectivity index (χ1) is 26.3. The summed E-state index contributed by atoms with van der Waals surface area (Å²) in [6.07, 6.45) is 4.41. The Morgan fingerprint density at radius 2 is 1.75 bits per heavy atom. The van der Waals surface area contributed by atoms with E-state index in [1.807, 2.05) is 67.9 Å². The second kappa shape index (κ2) is 15.7. The van der Waals surface area contributed by atoms with Crippen molar-refractivity contribution >= 4 is 40.5 Å². The number of ether oxygens (including phenoxy) is 3. The number of fused-ring (bicyclic) bond motifs is 1. The van der Waals surface area contributed by atoms with Gasteiger partial charge in [0.05, 0.1) is 48.2 Å². The highest BCUT2D eigenvalue weighted by molar-refractivity contribution is 6.32. The number of aromatic nitrogens is 4. The van der Waals surface area contributed by atoms with Gasteiger partial charge in [0.1, 0.15) is 29.3 Å². The highest BCUT2D eigenvalue weighted by Gasteiger charge is 2.42. The zero-order valence-corrected chi connectivity index (χ0v) is 31.9. The van der Waals surface area contributed by atoms with Gasteiger partial charge in [0, 0.05) is 56.9 Å². The van der Waals surface area contributed by atoms with Gasteiger partial charge in [0.15, 0.2) is 0 Å². The fourth-order valence-corrected chi connectivity index (χ4v) is 7.23. The summed E-state index contributed by atoms with van der Waals surface area (Å²) in [6.45, 7) is 10.0. The zero-order chi connectivity index (χ0) is 38.9. The fraction of sp³-hybridized carbons (Fsp3) is 0.375. The number of amides is 2. The van der Waals surface area contributed by atoms with E-state index in [2.05, 4.69) is 16.2 Å². The van der Waals surface area contributed by atoms with Crippen LogP contribution >= 0.6 is 11.6 Å². The molecule has 2 fully saturated rings. The molecule has 0 bridgehead atoms. The molecule has 0 saturated carbocycles. The number of likely N-dealkylation sites (tertiary alicyclic amines) is 1. The molecule has 2 aromatic heterocycles. The van der Waals surface area contributed by atoms with Crippen molar-refractivity contribution in [3.05, 3.63) is 95.7 Å². The van der Waals surface area contributed by atoms with Crippen molar-refractivity contribution in [1.82, 2.24) is 34.3 Å². The Labute approximate surface area is 323 Å². The first-order valence-electron chi connectivity index (χ1n) is 18.2. The molecule has 0 unspecified atom stereocenters. The molecule has 0 radical (unpaired) electrons. The first-order valence-corrected chi connectivity index (χ1v) is 18.6. The van der Waals surface area contributed by atoms with Crippen LogP contribution in [0.4, 0.5) is 9.18 Å². The van der Waals surface area contributed by atoms with Crippen LogP contribution in [0.15, 0.2) is 79.3 Å². The number of hydrogen-bond acceptors (Lipinski definition) is 9. The molecular weight excluding hydrogens is 729 g/mol. The van der Waals surface area contributed by atoms with Crippen LogP contribution in [0.2, 0.25) is 5.02 Å². The van der Waals surface area contributed by atoms with E-state index in [0.29, 0.717) is 31.1 Å². The SMILES string of the molecule is COC(=O)[C@@H]1C[C@H](Oc2cccc(-c3cccc4nn(CCN5CCN(C(=O)OC(C)(C)C)CC5)cc34)c2)CN1C(=O)c1cnn(-c2ccc(F)cc2Cl)c1. The molecule has 55 heavy (non-hydrogen) atoms. The van der Waals surface area contributed by atoms with Crippen molar-refractivity contribution in [1.29, 1.82) is 0 Å². The smallest absolute Gasteiger partial charge is 0.410 e. The molecule has 2 saturated heterocycles. The van der Waals surface area contributed by atoms with Gasteiger partial charge in [-0.25, -0.2) is 18.7 Å². The lowest BCUT2D eigenvalue weighted by Crippen LogP contribution is -2.50. The number of halogens is 2. The largest absolute Gasteiger partial charge is 0.488 e. The van der Waals surface area contributed by atoms with E-state index < -0.39 is 35.4 Å². The minimum atomic E-state index is -0.864. The van der Waals surface area contributed by atoms with Gasteiger partial charge < -0.3 is 24.0 Å². The number of carbonyl (C=O) groups is 3. The van der Waals surface area contributed by atoms with Crippen molar-refractivity contribution in [2.45, 2.75) is 51.5 Å². The fourth-order valence-electron chi connectivity index (χ4n) is 6.98. The topological polar surface area (TPSA) is 124 Å². The summed E-state index contributed by atoms with van der Waals surface area (Å²) in [5.41, 5.74) is 2.92. The van der Waals surface area contributed by atoms with E-state index in [-0.39, 0.29) is 29.6 Å². The van der Waals surface area contributed by atoms with Crippen LogP contribution in [-0.4, -0.2) is 116 Å². The van der Waals surface area contributed by atoms with Crippen LogP contribution in [0.25, 0.3) is 27.7 Å². The van der Waals surface area contributed by atoms with Crippen molar-refractivity contribution in [2.24, 2.45) is 0 Å². The maximum Gasteiger partial charge on any atom is 0.410 e. The molecule has 3 aromatic carbocycles. The molecule has 2 aliphatic rings. The molecule has 4 heterocycles. The predicted molar refractivity (Wildman–Crippen MR) is 204 cm³/mol. The van der Waals surface area contributed by atoms with E-state index >= 15 is 0 Å². The number of nitrogens with zero attached hydrogens (tertiary/aromatic N) is 7. The lowest BCUT2D eigenvalue weighted by atomic mass is 10.0. The Hall–Kier alpha value is -5.47. The average Bonchev–Trinajstić information content (AvgIpc) is 3.92. The second-order valence-corrected chi connectivity index (χ2v) is 15.1. The van der Waals surface area contributed by atoms with Gasteiger partial charge in [-0.1, -0.05) is 35.9 Å². The Morgan fingerprint density at radius 3 is 2.49 bits per heavy atom. The van der Waals surface area contributed by atoms with Crippen LogP contribution in [0, 0.1) is 5.82 Å². The predicted octanol–water partition coefficient (Wildman–Crippen LogP) is 6.07. The Kier molecular flexibility index (Phi) is 10.8. The van der Waals surface area contributed by atoms with Crippen LogP contribution in [0.1, 0.15) is 37.6 Å². The molecule has 7 rings (SSSR count). The van der Waals surface area contributed by atoms with Gasteiger partial charge in [-0.15, -0.1) is 0 Å². The van der Waals surface area contributed by atoms with E-state index in [0.717, 1.165) is 41.7 Å². The number of esters is 1. The third kappa shape index (κ3) is 8.60. The molecule has 2 amide bonds. The molecule has 0 spiro atoms. The molecule has 15 heteroatoms. The first kappa shape index (κ1) is 37.8. The number of hydrogen-bond donors (Lipinski definition) is 0. The van der Waals surface area contributed by atoms with Crippen LogP contribution in [0.5, 0.6) is 5.75 Å². The molecule has 5 aromatic rings. The van der Waals surface area contributed by atoms with Crippen LogP contribution in [-0.2, 0) is 20.8 Å². The van der Waals surface area contributed by atoms with E-state index in [1.54, 1.807) is 4.90 Å². The van der Waals surface area contributed by atoms with Crippen LogP contribution < -0.4 is 4.74 Å². The highest BCUT2D eigenvalue weighted by Crippen LogP contribution is 2.33. The van der Waals surface area contributed by atoms with Crippen molar-refractivity contribution in [3.8, 4) is 22.6 Å². The number of benzene rings is 3. The van der Waals surface area contributed by atoms with Gasteiger partial charge in [0.25, 0.3) is 5.91 Å². The minimum Gasteiger partial charge on any atom is -0.488 e. The molecule has 0 aliphatic carbocycles. The summed E-state index contributed by atoms with van der Waals surface area (Å²) >= 11 is 6.21. The second-order valence-electron chi connectivity index (χ2n) is 14.7. The Morgan fingerprint density at radius 1 is 0.964 bits per heavy atom. The molecule has 2 atom stereocenters. The molecule has 2 aliphatic heterocycles. The number of methoxy groups -OCH3 is 1. The third-order valence-corrected chi connectivity index (χ3v) is 10.0. The summed E-state index contributed by atoms with van der Waals surface area (Å²) in [5.74, 6) is -0.870. The molecule has 0 N–H and O–H groups in total. The normalized spacial score (nSPS) is 17.8. The summed E-state index contributed by atoms with van der Waals surface area (Å²) < 4.78 is 34.0. The van der Waals surface area contributed by atoms with Crippen molar-refractivity contribution < 1.29 is 33.0 Å². The quantitative estimate of drug-likeness (QED) is 0.164. The standard InChI is InChI=1S/C40H43ClFN7O6/c1-40(2,3)55-39(52)46-16-13-45(14-17-46)15-18-47-25-32-31(9-6-10-34(32)44-47)26-7-5-8-29(19-26)54-30-21-36(38(51)53-4)48(24-30)37(50)27-22-43-49(23-27)35-12-11-28(42)20-33(35)41/h5-12,19-20,22-23,25,30,36H,13-18,21,24H2,1-4H3/t30-,36-/m0/s1. The van der Waals surface area contributed by atoms with E-state index in [1.165, 1.54) is 47.3 Å². The lowest BCUT2D eigenvalue weighted by Gasteiger charge is -2.35. The highest BCUT2D eigenvalue weighted by atomic mass is 35.5. The summed E-state index contributed by atoms with van der Waals surface area (Å²) in [7, 11) is 1.29. The Bertz CT molecular complexity index is 2210. The maximum absolute atomic E-state index is 13.7. The third-order valence-electron chi connectivity index (χ3n) is 9.70. The van der Waals surface area contributed by atoms with Gasteiger partial charge in [-0.2, -0.15) is 10.2 Å². The maximum atomic E-state index is 13.7. The van der Waals surface area contributed by atoms with Gasteiger partial charge >= 0.3 is 12.1 Å². The summed E-state index contributed by atoms with van der Waals surface area (Å²) in [6, 6.07) is 16.8. The summed E-state index contributed by atoms with van der Waals surface area (Å²) in [5, 5.41) is 10.2.